The summed E-state index contributed by atoms with van der Waals surface area (Å²) in [7, 11) is 0. The van der Waals surface area contributed by atoms with Gasteiger partial charge in [-0.25, -0.2) is 0 Å². The summed E-state index contributed by atoms with van der Waals surface area (Å²) in [4.78, 5) is 10.5. The van der Waals surface area contributed by atoms with E-state index in [0.29, 0.717) is 13.2 Å². The van der Waals surface area contributed by atoms with E-state index in [1.165, 1.54) is 0 Å². The highest BCUT2D eigenvalue weighted by Gasteiger charge is 2.01. The van der Waals surface area contributed by atoms with Crippen molar-refractivity contribution in [2.45, 2.75) is 19.6 Å². The minimum absolute atomic E-state index is 0.0491. The Balaban J connectivity index is 1.81. The second-order valence-electron chi connectivity index (χ2n) is 3.96. The number of furan rings is 1. The first kappa shape index (κ1) is 12.4. The molecule has 1 aromatic carbocycles. The lowest BCUT2D eigenvalue weighted by atomic mass is 10.1. The monoisotopic (exact) mass is 246 g/mol. The predicted molar refractivity (Wildman–Crippen MR) is 65.0 cm³/mol. The predicted octanol–water partition coefficient (Wildman–Crippen LogP) is 2.62. The maximum atomic E-state index is 10.5. The van der Waals surface area contributed by atoms with Crippen molar-refractivity contribution in [3.05, 3.63) is 59.5 Å². The molecule has 0 amide bonds. The first-order chi connectivity index (χ1) is 8.74. The molecule has 4 heteroatoms. The van der Waals surface area contributed by atoms with Crippen molar-refractivity contribution in [1.82, 2.24) is 0 Å². The molecule has 94 valence electrons. The van der Waals surface area contributed by atoms with Crippen molar-refractivity contribution in [2.24, 2.45) is 0 Å². The molecule has 2 aromatic rings. The van der Waals surface area contributed by atoms with E-state index in [1.807, 2.05) is 24.3 Å². The van der Waals surface area contributed by atoms with Gasteiger partial charge in [0, 0.05) is 0 Å². The molecule has 0 radical (unpaired) electrons. The second-order valence-corrected chi connectivity index (χ2v) is 3.96. The van der Waals surface area contributed by atoms with Gasteiger partial charge in [0.05, 0.1) is 19.3 Å². The van der Waals surface area contributed by atoms with Gasteiger partial charge in [-0.15, -0.1) is 0 Å². The lowest BCUT2D eigenvalue weighted by Gasteiger charge is -2.03. The zero-order valence-electron chi connectivity index (χ0n) is 9.83. The molecule has 0 unspecified atom stereocenters. The lowest BCUT2D eigenvalue weighted by Crippen LogP contribution is -2.00. The molecule has 4 nitrogen and oxygen atoms in total. The van der Waals surface area contributed by atoms with Gasteiger partial charge in [0.15, 0.2) is 0 Å². The molecule has 0 aliphatic rings. The third kappa shape index (κ3) is 3.75. The van der Waals surface area contributed by atoms with Crippen LogP contribution in [0.5, 0.6) is 0 Å². The van der Waals surface area contributed by atoms with Crippen LogP contribution < -0.4 is 0 Å². The molecule has 2 rings (SSSR count). The Morgan fingerprint density at radius 2 is 1.83 bits per heavy atom. The normalized spacial score (nSPS) is 10.4. The minimum atomic E-state index is -0.822. The fraction of sp³-hybridized carbons (Fsp3) is 0.214. The van der Waals surface area contributed by atoms with Crippen molar-refractivity contribution < 1.29 is 19.1 Å². The quantitative estimate of drug-likeness (QED) is 0.851. The van der Waals surface area contributed by atoms with Gasteiger partial charge in [-0.2, -0.15) is 0 Å². The molecule has 0 atom stereocenters. The van der Waals surface area contributed by atoms with E-state index >= 15 is 0 Å². The van der Waals surface area contributed by atoms with E-state index in [-0.39, 0.29) is 6.42 Å². The van der Waals surface area contributed by atoms with Gasteiger partial charge in [0.2, 0.25) is 0 Å². The number of aliphatic carboxylic acids is 1. The summed E-state index contributed by atoms with van der Waals surface area (Å²) in [5.74, 6) is -0.0330. The van der Waals surface area contributed by atoms with Crippen LogP contribution in [-0.4, -0.2) is 11.1 Å². The van der Waals surface area contributed by atoms with Crippen molar-refractivity contribution >= 4 is 5.97 Å². The number of carboxylic acids is 1. The van der Waals surface area contributed by atoms with Crippen LogP contribution in [0.4, 0.5) is 0 Å². The van der Waals surface area contributed by atoms with Crippen LogP contribution in [0.2, 0.25) is 0 Å². The molecule has 0 fully saturated rings. The molecule has 0 aliphatic carbocycles. The second kappa shape index (κ2) is 6.02. The molecule has 1 aromatic heterocycles. The van der Waals surface area contributed by atoms with E-state index in [0.717, 1.165) is 16.9 Å². The highest BCUT2D eigenvalue weighted by molar-refractivity contribution is 5.70. The molecule has 18 heavy (non-hydrogen) atoms. The van der Waals surface area contributed by atoms with Crippen molar-refractivity contribution in [1.29, 1.82) is 0 Å². The first-order valence-electron chi connectivity index (χ1n) is 5.64. The Bertz CT molecular complexity index is 485. The van der Waals surface area contributed by atoms with E-state index < -0.39 is 5.97 Å². The molecule has 0 bridgehead atoms. The Morgan fingerprint density at radius 1 is 1.11 bits per heavy atom. The van der Waals surface area contributed by atoms with E-state index in [9.17, 15) is 4.79 Å². The van der Waals surface area contributed by atoms with Gasteiger partial charge in [-0.1, -0.05) is 24.3 Å². The van der Waals surface area contributed by atoms with Gasteiger partial charge in [0.25, 0.3) is 0 Å². The topological polar surface area (TPSA) is 59.7 Å². The summed E-state index contributed by atoms with van der Waals surface area (Å²) >= 11 is 0. The zero-order valence-corrected chi connectivity index (χ0v) is 9.83. The Morgan fingerprint density at radius 3 is 2.44 bits per heavy atom. The molecule has 1 heterocycles. The average molecular weight is 246 g/mol. The molecule has 0 aliphatic heterocycles. The van der Waals surface area contributed by atoms with Crippen LogP contribution >= 0.6 is 0 Å². The number of carboxylic acid groups (broad SMARTS) is 1. The summed E-state index contributed by atoms with van der Waals surface area (Å²) in [5.41, 5.74) is 1.80. The van der Waals surface area contributed by atoms with Crippen molar-refractivity contribution in [3.8, 4) is 0 Å². The van der Waals surface area contributed by atoms with Crippen LogP contribution in [0, 0.1) is 0 Å². The third-order valence-corrected chi connectivity index (χ3v) is 2.47. The molecule has 0 saturated heterocycles. The number of carbonyl (C=O) groups is 1. The molecule has 0 spiro atoms. The van der Waals surface area contributed by atoms with Crippen LogP contribution in [0.1, 0.15) is 16.9 Å². The maximum Gasteiger partial charge on any atom is 0.307 e. The van der Waals surface area contributed by atoms with Gasteiger partial charge in [-0.3, -0.25) is 4.79 Å². The summed E-state index contributed by atoms with van der Waals surface area (Å²) < 4.78 is 10.6. The number of benzene rings is 1. The first-order valence-corrected chi connectivity index (χ1v) is 5.64. The average Bonchev–Trinajstić information content (AvgIpc) is 2.84. The largest absolute Gasteiger partial charge is 0.481 e. The SMILES string of the molecule is O=C(O)Cc1ccc(COCc2ccco2)cc1. The zero-order chi connectivity index (χ0) is 12.8. The Hall–Kier alpha value is -2.07. The van der Waals surface area contributed by atoms with E-state index in [2.05, 4.69) is 0 Å². The summed E-state index contributed by atoms with van der Waals surface area (Å²) in [5, 5.41) is 8.65. The summed E-state index contributed by atoms with van der Waals surface area (Å²) in [6.45, 7) is 0.915. The molecule has 1 N–H and O–H groups in total. The maximum absolute atomic E-state index is 10.5. The smallest absolute Gasteiger partial charge is 0.307 e. The Labute approximate surface area is 105 Å². The summed E-state index contributed by atoms with van der Waals surface area (Å²) in [6.07, 6.45) is 1.66. The highest BCUT2D eigenvalue weighted by atomic mass is 16.5. The molecular formula is C14H14O4. The van der Waals surface area contributed by atoms with E-state index in [4.69, 9.17) is 14.3 Å². The van der Waals surface area contributed by atoms with Crippen LogP contribution in [-0.2, 0) is 29.2 Å². The van der Waals surface area contributed by atoms with Crippen LogP contribution in [0.15, 0.2) is 47.1 Å². The Kier molecular flexibility index (Phi) is 4.15. The van der Waals surface area contributed by atoms with Gasteiger partial charge in [0.1, 0.15) is 12.4 Å². The van der Waals surface area contributed by atoms with Crippen LogP contribution in [0.3, 0.4) is 0 Å². The third-order valence-electron chi connectivity index (χ3n) is 2.47. The number of ether oxygens (including phenoxy) is 1. The van der Waals surface area contributed by atoms with Gasteiger partial charge in [-0.05, 0) is 23.3 Å². The lowest BCUT2D eigenvalue weighted by molar-refractivity contribution is -0.136. The van der Waals surface area contributed by atoms with E-state index in [1.54, 1.807) is 18.4 Å². The van der Waals surface area contributed by atoms with Crippen molar-refractivity contribution in [2.75, 3.05) is 0 Å². The highest BCUT2D eigenvalue weighted by Crippen LogP contribution is 2.09. The summed E-state index contributed by atoms with van der Waals surface area (Å²) in [6, 6.07) is 11.0. The fourth-order valence-electron chi connectivity index (χ4n) is 1.59. The standard InChI is InChI=1S/C14H14O4/c15-14(16)8-11-3-5-12(6-4-11)9-17-10-13-2-1-7-18-13/h1-7H,8-10H2,(H,15,16). The van der Waals surface area contributed by atoms with Crippen LogP contribution in [0.25, 0.3) is 0 Å². The number of hydrogen-bond acceptors (Lipinski definition) is 3. The molecule has 0 saturated carbocycles. The van der Waals surface area contributed by atoms with Crippen molar-refractivity contribution in [3.63, 3.8) is 0 Å². The number of rotatable bonds is 6. The molecular weight excluding hydrogens is 232 g/mol. The van der Waals surface area contributed by atoms with Gasteiger partial charge >= 0.3 is 5.97 Å². The van der Waals surface area contributed by atoms with Gasteiger partial charge < -0.3 is 14.3 Å². The fourth-order valence-corrected chi connectivity index (χ4v) is 1.59. The number of hydrogen-bond donors (Lipinski definition) is 1. The minimum Gasteiger partial charge on any atom is -0.481 e.